The van der Waals surface area contributed by atoms with Gasteiger partial charge >= 0.3 is 0 Å². The van der Waals surface area contributed by atoms with Crippen LogP contribution in [-0.4, -0.2) is 32.1 Å². The van der Waals surface area contributed by atoms with Gasteiger partial charge in [0.2, 0.25) is 0 Å². The van der Waals surface area contributed by atoms with Crippen molar-refractivity contribution in [2.45, 2.75) is 26.5 Å². The molecule has 0 bridgehead atoms. The lowest BCUT2D eigenvalue weighted by Crippen LogP contribution is -2.20. The number of aryl methyl sites for hydroxylation is 1. The molecule has 0 unspecified atom stereocenters. The highest BCUT2D eigenvalue weighted by Crippen LogP contribution is 2.14. The Bertz CT molecular complexity index is 571. The molecule has 0 spiro atoms. The lowest BCUT2D eigenvalue weighted by molar-refractivity contribution is 0.306. The van der Waals surface area contributed by atoms with Gasteiger partial charge in [-0.2, -0.15) is 0 Å². The third-order valence-corrected chi connectivity index (χ3v) is 3.74. The molecule has 0 aromatic heterocycles. The first-order valence-corrected chi connectivity index (χ1v) is 8.26. The number of nitrogens with one attached hydrogen (secondary N) is 1. The van der Waals surface area contributed by atoms with Gasteiger partial charge in [0.25, 0.3) is 0 Å². The third kappa shape index (κ3) is 9.71. The second-order valence-electron chi connectivity index (χ2n) is 6.25. The van der Waals surface area contributed by atoms with Gasteiger partial charge in [-0.1, -0.05) is 42.0 Å². The molecule has 3 nitrogen and oxygen atoms in total. The van der Waals surface area contributed by atoms with E-state index in [1.165, 1.54) is 23.1 Å². The van der Waals surface area contributed by atoms with Crippen molar-refractivity contribution in [1.29, 1.82) is 0 Å². The number of hydrogen-bond acceptors (Lipinski definition) is 3. The van der Waals surface area contributed by atoms with E-state index >= 15 is 0 Å². The smallest absolute Gasteiger partial charge is 0.119 e. The molecule has 2 aromatic rings. The summed E-state index contributed by atoms with van der Waals surface area (Å²) in [6.07, 6.45) is 1.17. The molecule has 1 N–H and O–H groups in total. The van der Waals surface area contributed by atoms with Crippen molar-refractivity contribution in [3.8, 4) is 5.75 Å². The van der Waals surface area contributed by atoms with Crippen LogP contribution in [-0.2, 0) is 13.2 Å². The van der Waals surface area contributed by atoms with Crippen LogP contribution in [0.15, 0.2) is 48.5 Å². The molecule has 0 heterocycles. The largest absolute Gasteiger partial charge is 0.489 e. The molecule has 0 aliphatic carbocycles. The Kier molecular flexibility index (Phi) is 12.4. The lowest BCUT2D eigenvalue weighted by atomic mass is 10.2. The molecule has 0 amide bonds. The maximum Gasteiger partial charge on any atom is 0.119 e. The van der Waals surface area contributed by atoms with Gasteiger partial charge in [0, 0.05) is 6.54 Å². The highest BCUT2D eigenvalue weighted by molar-refractivity contribution is 5.85. The monoisotopic (exact) mass is 384 g/mol. The summed E-state index contributed by atoms with van der Waals surface area (Å²) in [5.74, 6) is 0.918. The predicted molar refractivity (Wildman–Crippen MR) is 111 cm³/mol. The Hall–Kier alpha value is -1.26. The van der Waals surface area contributed by atoms with Gasteiger partial charge in [-0.05, 0) is 63.8 Å². The van der Waals surface area contributed by atoms with Gasteiger partial charge in [-0.3, -0.25) is 0 Å². The number of nitrogens with zero attached hydrogens (tertiary/aromatic N) is 1. The minimum absolute atomic E-state index is 0. The fraction of sp³-hybridized carbons (Fsp3) is 0.400. The summed E-state index contributed by atoms with van der Waals surface area (Å²) in [5.41, 5.74) is 3.76. The van der Waals surface area contributed by atoms with Gasteiger partial charge in [0.1, 0.15) is 12.4 Å². The average Bonchev–Trinajstić information content (AvgIpc) is 2.55. The van der Waals surface area contributed by atoms with Crippen molar-refractivity contribution in [3.63, 3.8) is 0 Å². The van der Waals surface area contributed by atoms with E-state index in [2.05, 4.69) is 67.6 Å². The molecule has 0 saturated heterocycles. The minimum Gasteiger partial charge on any atom is -0.489 e. The van der Waals surface area contributed by atoms with Crippen molar-refractivity contribution < 1.29 is 4.74 Å². The second kappa shape index (κ2) is 13.0. The summed E-state index contributed by atoms with van der Waals surface area (Å²) in [6.45, 7) is 5.79. The fourth-order valence-electron chi connectivity index (χ4n) is 2.31. The minimum atomic E-state index is 0. The first-order chi connectivity index (χ1) is 11.1. The SMILES string of the molecule is Cc1ccc(COc2ccc(CNCCCN(C)C)cc2)cc1.Cl.Cl. The van der Waals surface area contributed by atoms with E-state index < -0.39 is 0 Å². The van der Waals surface area contributed by atoms with E-state index in [1.54, 1.807) is 0 Å². The molecule has 25 heavy (non-hydrogen) atoms. The van der Waals surface area contributed by atoms with Crippen LogP contribution < -0.4 is 10.1 Å². The van der Waals surface area contributed by atoms with Crippen LogP contribution in [0, 0.1) is 6.92 Å². The molecule has 0 atom stereocenters. The van der Waals surface area contributed by atoms with Gasteiger partial charge < -0.3 is 15.0 Å². The maximum atomic E-state index is 5.83. The predicted octanol–water partition coefficient (Wildman–Crippen LogP) is 4.46. The standard InChI is InChI=1S/C20H28N2O.2ClH/c1-17-5-7-19(8-6-17)16-23-20-11-9-18(10-12-20)15-21-13-4-14-22(2)3;;/h5-12,21H,4,13-16H2,1-3H3;2*1H. The molecule has 0 saturated carbocycles. The van der Waals surface area contributed by atoms with E-state index in [0.29, 0.717) is 6.61 Å². The van der Waals surface area contributed by atoms with Crippen LogP contribution in [0.3, 0.4) is 0 Å². The van der Waals surface area contributed by atoms with Crippen LogP contribution in [0.2, 0.25) is 0 Å². The molecule has 140 valence electrons. The van der Waals surface area contributed by atoms with E-state index in [4.69, 9.17) is 4.74 Å². The first kappa shape index (κ1) is 23.7. The Labute approximate surface area is 164 Å². The Morgan fingerprint density at radius 1 is 0.880 bits per heavy atom. The average molecular weight is 385 g/mol. The first-order valence-electron chi connectivity index (χ1n) is 8.26. The van der Waals surface area contributed by atoms with Gasteiger partial charge in [-0.15, -0.1) is 24.8 Å². The molecule has 2 aromatic carbocycles. The number of rotatable bonds is 9. The van der Waals surface area contributed by atoms with Crippen LogP contribution in [0.4, 0.5) is 0 Å². The number of halogens is 2. The summed E-state index contributed by atoms with van der Waals surface area (Å²) in [6, 6.07) is 16.8. The van der Waals surface area contributed by atoms with Gasteiger partial charge in [0.05, 0.1) is 0 Å². The van der Waals surface area contributed by atoms with Crippen LogP contribution in [0.5, 0.6) is 5.75 Å². The third-order valence-electron chi connectivity index (χ3n) is 3.74. The summed E-state index contributed by atoms with van der Waals surface area (Å²) >= 11 is 0. The van der Waals surface area contributed by atoms with Crippen molar-refractivity contribution in [1.82, 2.24) is 10.2 Å². The molecular formula is C20H30Cl2N2O. The zero-order chi connectivity index (χ0) is 16.5. The van der Waals surface area contributed by atoms with Crippen molar-refractivity contribution in [2.75, 3.05) is 27.2 Å². The van der Waals surface area contributed by atoms with Crippen LogP contribution in [0.1, 0.15) is 23.1 Å². The Balaban J connectivity index is 0.00000288. The summed E-state index contributed by atoms with van der Waals surface area (Å²) in [4.78, 5) is 2.21. The fourth-order valence-corrected chi connectivity index (χ4v) is 2.31. The second-order valence-corrected chi connectivity index (χ2v) is 6.25. The summed E-state index contributed by atoms with van der Waals surface area (Å²) in [5, 5.41) is 3.47. The van der Waals surface area contributed by atoms with E-state index in [0.717, 1.165) is 25.4 Å². The van der Waals surface area contributed by atoms with E-state index in [9.17, 15) is 0 Å². The van der Waals surface area contributed by atoms with Crippen molar-refractivity contribution >= 4 is 24.8 Å². The van der Waals surface area contributed by atoms with E-state index in [1.807, 2.05) is 12.1 Å². The molecule has 0 aliphatic rings. The summed E-state index contributed by atoms with van der Waals surface area (Å²) in [7, 11) is 4.21. The molecular weight excluding hydrogens is 355 g/mol. The molecule has 5 heteroatoms. The molecule has 0 radical (unpaired) electrons. The number of benzene rings is 2. The quantitative estimate of drug-likeness (QED) is 0.645. The number of ether oxygens (including phenoxy) is 1. The normalized spacial score (nSPS) is 10.1. The number of hydrogen-bond donors (Lipinski definition) is 1. The molecule has 2 rings (SSSR count). The zero-order valence-corrected chi connectivity index (χ0v) is 17.0. The van der Waals surface area contributed by atoms with Gasteiger partial charge in [0.15, 0.2) is 0 Å². The van der Waals surface area contributed by atoms with Crippen LogP contribution in [0.25, 0.3) is 0 Å². The highest BCUT2D eigenvalue weighted by Gasteiger charge is 1.98. The van der Waals surface area contributed by atoms with Gasteiger partial charge in [-0.25, -0.2) is 0 Å². The Morgan fingerprint density at radius 2 is 1.48 bits per heavy atom. The summed E-state index contributed by atoms with van der Waals surface area (Å²) < 4.78 is 5.83. The van der Waals surface area contributed by atoms with E-state index in [-0.39, 0.29) is 24.8 Å². The zero-order valence-electron chi connectivity index (χ0n) is 15.3. The maximum absolute atomic E-state index is 5.83. The van der Waals surface area contributed by atoms with Crippen molar-refractivity contribution in [3.05, 3.63) is 65.2 Å². The van der Waals surface area contributed by atoms with Crippen LogP contribution >= 0.6 is 24.8 Å². The lowest BCUT2D eigenvalue weighted by Gasteiger charge is -2.10. The van der Waals surface area contributed by atoms with Crippen molar-refractivity contribution in [2.24, 2.45) is 0 Å². The highest BCUT2D eigenvalue weighted by atomic mass is 35.5. The topological polar surface area (TPSA) is 24.5 Å². The molecule has 0 aliphatic heterocycles. The Morgan fingerprint density at radius 3 is 2.08 bits per heavy atom. The molecule has 0 fully saturated rings.